The number of aryl methyl sites for hydroxylation is 3. The van der Waals surface area contributed by atoms with Crippen LogP contribution in [-0.2, 0) is 0 Å². The Labute approximate surface area is 121 Å². The van der Waals surface area contributed by atoms with E-state index in [1.807, 2.05) is 39.0 Å². The van der Waals surface area contributed by atoms with Crippen LogP contribution in [0.1, 0.15) is 33.9 Å². The van der Waals surface area contributed by atoms with Crippen LogP contribution in [0.25, 0.3) is 0 Å². The molecule has 0 saturated carbocycles. The predicted molar refractivity (Wildman–Crippen MR) is 80.8 cm³/mol. The maximum Gasteiger partial charge on any atom is 0.128 e. The third kappa shape index (κ3) is 2.88. The van der Waals surface area contributed by atoms with E-state index in [0.29, 0.717) is 5.56 Å². The largest absolute Gasteiger partial charge is 0.320 e. The SMILES string of the molecule is Cc1ccc(C(N)c2cc(C)c(Br)cc2C)c(F)c1. The van der Waals surface area contributed by atoms with Crippen LogP contribution in [0.2, 0.25) is 0 Å². The van der Waals surface area contributed by atoms with Crippen molar-refractivity contribution >= 4 is 15.9 Å². The molecule has 0 fully saturated rings. The summed E-state index contributed by atoms with van der Waals surface area (Å²) in [4.78, 5) is 0. The summed E-state index contributed by atoms with van der Waals surface area (Å²) < 4.78 is 15.1. The van der Waals surface area contributed by atoms with E-state index in [-0.39, 0.29) is 5.82 Å². The Morgan fingerprint density at radius 2 is 1.68 bits per heavy atom. The highest BCUT2D eigenvalue weighted by atomic mass is 79.9. The van der Waals surface area contributed by atoms with Gasteiger partial charge in [-0.25, -0.2) is 4.39 Å². The third-order valence-corrected chi connectivity index (χ3v) is 4.23. The summed E-state index contributed by atoms with van der Waals surface area (Å²) in [5, 5.41) is 0. The van der Waals surface area contributed by atoms with Crippen LogP contribution in [0, 0.1) is 26.6 Å². The van der Waals surface area contributed by atoms with Crippen molar-refractivity contribution in [1.29, 1.82) is 0 Å². The molecule has 0 aliphatic carbocycles. The van der Waals surface area contributed by atoms with Gasteiger partial charge in [0.2, 0.25) is 0 Å². The minimum absolute atomic E-state index is 0.243. The van der Waals surface area contributed by atoms with Gasteiger partial charge in [0.15, 0.2) is 0 Å². The van der Waals surface area contributed by atoms with Gasteiger partial charge in [-0.05, 0) is 55.2 Å². The first-order valence-corrected chi connectivity index (χ1v) is 6.97. The topological polar surface area (TPSA) is 26.0 Å². The van der Waals surface area contributed by atoms with Crippen molar-refractivity contribution < 1.29 is 4.39 Å². The fourth-order valence-electron chi connectivity index (χ4n) is 2.19. The normalized spacial score (nSPS) is 12.5. The van der Waals surface area contributed by atoms with Crippen molar-refractivity contribution in [1.82, 2.24) is 0 Å². The quantitative estimate of drug-likeness (QED) is 0.862. The van der Waals surface area contributed by atoms with E-state index in [0.717, 1.165) is 26.7 Å². The molecular weight excluding hydrogens is 305 g/mol. The maximum atomic E-state index is 14.0. The molecule has 2 aromatic rings. The molecule has 0 bridgehead atoms. The summed E-state index contributed by atoms with van der Waals surface area (Å²) in [5.74, 6) is -0.243. The number of nitrogens with two attached hydrogens (primary N) is 1. The Balaban J connectivity index is 2.49. The van der Waals surface area contributed by atoms with Crippen LogP contribution in [0.5, 0.6) is 0 Å². The van der Waals surface area contributed by atoms with Crippen molar-refractivity contribution in [2.24, 2.45) is 5.73 Å². The molecule has 0 heterocycles. The molecular formula is C16H17BrFN. The van der Waals surface area contributed by atoms with E-state index >= 15 is 0 Å². The van der Waals surface area contributed by atoms with E-state index in [4.69, 9.17) is 5.73 Å². The molecule has 0 saturated heterocycles. The van der Waals surface area contributed by atoms with Gasteiger partial charge in [-0.1, -0.05) is 34.1 Å². The molecule has 0 aliphatic rings. The first kappa shape index (κ1) is 14.2. The Kier molecular flexibility index (Phi) is 4.07. The summed E-state index contributed by atoms with van der Waals surface area (Å²) in [6, 6.07) is 8.79. The average Bonchev–Trinajstić information content (AvgIpc) is 2.33. The zero-order valence-electron chi connectivity index (χ0n) is 11.3. The van der Waals surface area contributed by atoms with E-state index in [1.165, 1.54) is 6.07 Å². The van der Waals surface area contributed by atoms with Crippen LogP contribution in [0.15, 0.2) is 34.8 Å². The number of halogens is 2. The number of hydrogen-bond donors (Lipinski definition) is 1. The molecule has 100 valence electrons. The molecule has 1 unspecified atom stereocenters. The lowest BCUT2D eigenvalue weighted by Crippen LogP contribution is -2.15. The second-order valence-electron chi connectivity index (χ2n) is 4.96. The number of rotatable bonds is 2. The van der Waals surface area contributed by atoms with Gasteiger partial charge in [-0.2, -0.15) is 0 Å². The number of benzene rings is 2. The minimum Gasteiger partial charge on any atom is -0.320 e. The summed E-state index contributed by atoms with van der Waals surface area (Å²) >= 11 is 3.49. The zero-order valence-corrected chi connectivity index (χ0v) is 12.9. The minimum atomic E-state index is -0.438. The highest BCUT2D eigenvalue weighted by Crippen LogP contribution is 2.29. The molecule has 0 spiro atoms. The summed E-state index contributed by atoms with van der Waals surface area (Å²) in [5.41, 5.74) is 10.8. The number of hydrogen-bond acceptors (Lipinski definition) is 1. The van der Waals surface area contributed by atoms with Gasteiger partial charge < -0.3 is 5.73 Å². The first-order valence-electron chi connectivity index (χ1n) is 6.18. The van der Waals surface area contributed by atoms with Crippen molar-refractivity contribution in [2.45, 2.75) is 26.8 Å². The average molecular weight is 322 g/mol. The smallest absolute Gasteiger partial charge is 0.128 e. The van der Waals surface area contributed by atoms with Gasteiger partial charge in [0.1, 0.15) is 5.82 Å². The van der Waals surface area contributed by atoms with Gasteiger partial charge in [-0.3, -0.25) is 0 Å². The van der Waals surface area contributed by atoms with Gasteiger partial charge in [-0.15, -0.1) is 0 Å². The molecule has 0 radical (unpaired) electrons. The lowest BCUT2D eigenvalue weighted by atomic mass is 9.93. The van der Waals surface area contributed by atoms with Crippen LogP contribution in [0.4, 0.5) is 4.39 Å². The fourth-order valence-corrected chi connectivity index (χ4v) is 2.65. The second-order valence-corrected chi connectivity index (χ2v) is 5.81. The molecule has 0 aliphatic heterocycles. The highest BCUT2D eigenvalue weighted by Gasteiger charge is 2.16. The van der Waals surface area contributed by atoms with Crippen molar-refractivity contribution in [3.8, 4) is 0 Å². The Morgan fingerprint density at radius 1 is 1.00 bits per heavy atom. The summed E-state index contributed by atoms with van der Waals surface area (Å²) in [6.45, 7) is 5.87. The van der Waals surface area contributed by atoms with Crippen LogP contribution in [0.3, 0.4) is 0 Å². The van der Waals surface area contributed by atoms with Gasteiger partial charge in [0.05, 0.1) is 6.04 Å². The van der Waals surface area contributed by atoms with Crippen LogP contribution in [-0.4, -0.2) is 0 Å². The molecule has 1 nitrogen and oxygen atoms in total. The molecule has 1 atom stereocenters. The van der Waals surface area contributed by atoms with E-state index < -0.39 is 6.04 Å². The monoisotopic (exact) mass is 321 g/mol. The van der Waals surface area contributed by atoms with Crippen LogP contribution < -0.4 is 5.73 Å². The molecule has 0 amide bonds. The fraction of sp³-hybridized carbons (Fsp3) is 0.250. The molecule has 3 heteroatoms. The van der Waals surface area contributed by atoms with E-state index in [1.54, 1.807) is 6.07 Å². The standard InChI is InChI=1S/C16H17BrFN/c1-9-4-5-12(15(18)6-9)16(19)13-7-11(3)14(17)8-10(13)2/h4-8,16H,19H2,1-3H3. The van der Waals surface area contributed by atoms with E-state index in [2.05, 4.69) is 15.9 Å². The second kappa shape index (κ2) is 5.43. The Morgan fingerprint density at radius 3 is 2.32 bits per heavy atom. The lowest BCUT2D eigenvalue weighted by Gasteiger charge is -2.18. The molecule has 0 aromatic heterocycles. The predicted octanol–water partition coefficient (Wildman–Crippen LogP) is 4.56. The third-order valence-electron chi connectivity index (χ3n) is 3.37. The van der Waals surface area contributed by atoms with Crippen molar-refractivity contribution in [3.63, 3.8) is 0 Å². The van der Waals surface area contributed by atoms with Gasteiger partial charge in [0.25, 0.3) is 0 Å². The summed E-state index contributed by atoms with van der Waals surface area (Å²) in [7, 11) is 0. The lowest BCUT2D eigenvalue weighted by molar-refractivity contribution is 0.598. The Bertz CT molecular complexity index is 622. The highest BCUT2D eigenvalue weighted by molar-refractivity contribution is 9.10. The Hall–Kier alpha value is -1.19. The zero-order chi connectivity index (χ0) is 14.2. The van der Waals surface area contributed by atoms with Gasteiger partial charge >= 0.3 is 0 Å². The maximum absolute atomic E-state index is 14.0. The first-order chi connectivity index (χ1) is 8.90. The molecule has 2 aromatic carbocycles. The molecule has 2 N–H and O–H groups in total. The van der Waals surface area contributed by atoms with Crippen molar-refractivity contribution in [3.05, 3.63) is 68.4 Å². The molecule has 19 heavy (non-hydrogen) atoms. The van der Waals surface area contributed by atoms with Gasteiger partial charge in [0, 0.05) is 10.0 Å². The van der Waals surface area contributed by atoms with Crippen LogP contribution >= 0.6 is 15.9 Å². The van der Waals surface area contributed by atoms with Crippen molar-refractivity contribution in [2.75, 3.05) is 0 Å². The van der Waals surface area contributed by atoms with E-state index in [9.17, 15) is 4.39 Å². The summed E-state index contributed by atoms with van der Waals surface area (Å²) in [6.07, 6.45) is 0. The molecule has 2 rings (SSSR count).